The summed E-state index contributed by atoms with van der Waals surface area (Å²) in [6.07, 6.45) is 4.87. The van der Waals surface area contributed by atoms with E-state index in [0.29, 0.717) is 12.5 Å². The maximum absolute atomic E-state index is 12.6. The molecule has 1 saturated heterocycles. The van der Waals surface area contributed by atoms with Crippen molar-refractivity contribution in [1.82, 2.24) is 20.1 Å². The summed E-state index contributed by atoms with van der Waals surface area (Å²) in [6.45, 7) is 4.41. The summed E-state index contributed by atoms with van der Waals surface area (Å²) in [4.78, 5) is 33.2. The normalized spacial score (nSPS) is 16.2. The molecule has 1 unspecified atom stereocenters. The lowest BCUT2D eigenvalue weighted by molar-refractivity contribution is -0.135. The van der Waals surface area contributed by atoms with Gasteiger partial charge in [-0.15, -0.1) is 0 Å². The standard InChI is InChI=1S/C21H34ClN5O3/c1-5-6-7-17(21(29)26(2)3)27-10-8-14(9-11-27)13-24-19(28)15-12-16(22)18(23)25-20(15)30-4/h12,14,17H,5-11,13H2,1-4H3,(H2,23,25)(H,24,28). The van der Waals surface area contributed by atoms with E-state index in [4.69, 9.17) is 22.1 Å². The van der Waals surface area contributed by atoms with Gasteiger partial charge in [-0.05, 0) is 44.3 Å². The molecule has 168 valence electrons. The van der Waals surface area contributed by atoms with Crippen molar-refractivity contribution in [2.24, 2.45) is 5.92 Å². The highest BCUT2D eigenvalue weighted by atomic mass is 35.5. The number of hydrogen-bond donors (Lipinski definition) is 2. The van der Waals surface area contributed by atoms with E-state index in [1.54, 1.807) is 4.90 Å². The zero-order chi connectivity index (χ0) is 22.3. The lowest BCUT2D eigenvalue weighted by Gasteiger charge is -2.38. The molecule has 2 rings (SSSR count). The number of amides is 2. The van der Waals surface area contributed by atoms with Gasteiger partial charge in [0.25, 0.3) is 5.91 Å². The Hall–Kier alpha value is -2.06. The number of carbonyl (C=O) groups excluding carboxylic acids is 2. The second-order valence-electron chi connectivity index (χ2n) is 7.99. The van der Waals surface area contributed by atoms with Crippen LogP contribution in [0.25, 0.3) is 0 Å². The monoisotopic (exact) mass is 439 g/mol. The molecule has 1 aliphatic heterocycles. The topological polar surface area (TPSA) is 101 Å². The van der Waals surface area contributed by atoms with Crippen molar-refractivity contribution in [3.63, 3.8) is 0 Å². The van der Waals surface area contributed by atoms with Gasteiger partial charge in [-0.3, -0.25) is 14.5 Å². The fourth-order valence-corrected chi connectivity index (χ4v) is 3.91. The number of methoxy groups -OCH3 is 1. The molecule has 0 bridgehead atoms. The predicted octanol–water partition coefficient (Wildman–Crippen LogP) is 2.41. The third-order valence-corrected chi connectivity index (χ3v) is 5.91. The number of likely N-dealkylation sites (tertiary alicyclic amines) is 1. The number of anilines is 1. The van der Waals surface area contributed by atoms with Gasteiger partial charge >= 0.3 is 0 Å². The first kappa shape index (κ1) is 24.2. The van der Waals surface area contributed by atoms with Crippen LogP contribution >= 0.6 is 11.6 Å². The van der Waals surface area contributed by atoms with Crippen molar-refractivity contribution in [3.05, 3.63) is 16.7 Å². The molecule has 1 aromatic rings. The number of nitrogen functional groups attached to an aromatic ring is 1. The van der Waals surface area contributed by atoms with Crippen LogP contribution in [0, 0.1) is 5.92 Å². The highest BCUT2D eigenvalue weighted by molar-refractivity contribution is 6.33. The summed E-state index contributed by atoms with van der Waals surface area (Å²) >= 11 is 6.01. The number of pyridine rings is 1. The zero-order valence-electron chi connectivity index (χ0n) is 18.4. The molecule has 0 aliphatic carbocycles. The predicted molar refractivity (Wildman–Crippen MR) is 119 cm³/mol. The van der Waals surface area contributed by atoms with Crippen LogP contribution in [-0.2, 0) is 4.79 Å². The Balaban J connectivity index is 1.91. The van der Waals surface area contributed by atoms with Crippen LogP contribution in [0.1, 0.15) is 49.4 Å². The molecule has 8 nitrogen and oxygen atoms in total. The van der Waals surface area contributed by atoms with Crippen LogP contribution in [0.2, 0.25) is 5.02 Å². The molecule has 2 heterocycles. The van der Waals surface area contributed by atoms with Crippen LogP contribution in [0.4, 0.5) is 5.82 Å². The van der Waals surface area contributed by atoms with Gasteiger partial charge in [0, 0.05) is 20.6 Å². The van der Waals surface area contributed by atoms with Crippen molar-refractivity contribution in [2.75, 3.05) is 46.6 Å². The lowest BCUT2D eigenvalue weighted by Crippen LogP contribution is -2.50. The number of aromatic nitrogens is 1. The van der Waals surface area contributed by atoms with E-state index in [-0.39, 0.29) is 40.1 Å². The van der Waals surface area contributed by atoms with Crippen molar-refractivity contribution in [2.45, 2.75) is 45.1 Å². The second-order valence-corrected chi connectivity index (χ2v) is 8.40. The van der Waals surface area contributed by atoms with Gasteiger partial charge in [-0.1, -0.05) is 31.4 Å². The largest absolute Gasteiger partial charge is 0.480 e. The molecule has 1 aliphatic rings. The van der Waals surface area contributed by atoms with Gasteiger partial charge in [0.2, 0.25) is 11.8 Å². The van der Waals surface area contributed by atoms with Gasteiger partial charge in [0.05, 0.1) is 18.2 Å². The van der Waals surface area contributed by atoms with E-state index in [0.717, 1.165) is 45.2 Å². The Bertz CT molecular complexity index is 736. The number of nitrogens with zero attached hydrogens (tertiary/aromatic N) is 3. The summed E-state index contributed by atoms with van der Waals surface area (Å²) in [5, 5.41) is 3.18. The molecule has 0 radical (unpaired) electrons. The minimum absolute atomic E-state index is 0.0530. The average Bonchev–Trinajstić information content (AvgIpc) is 2.74. The molecule has 9 heteroatoms. The summed E-state index contributed by atoms with van der Waals surface area (Å²) in [5.41, 5.74) is 5.95. The number of halogens is 1. The van der Waals surface area contributed by atoms with Crippen molar-refractivity contribution in [3.8, 4) is 5.88 Å². The Labute approximate surface area is 184 Å². The van der Waals surface area contributed by atoms with E-state index in [1.807, 2.05) is 14.1 Å². The number of nitrogens with two attached hydrogens (primary N) is 1. The number of likely N-dealkylation sites (N-methyl/N-ethyl adjacent to an activating group) is 1. The molecular formula is C21H34ClN5O3. The van der Waals surface area contributed by atoms with Gasteiger partial charge < -0.3 is 20.7 Å². The molecule has 2 amide bonds. The third kappa shape index (κ3) is 6.22. The molecule has 1 aromatic heterocycles. The number of carbonyl (C=O) groups is 2. The highest BCUT2D eigenvalue weighted by Crippen LogP contribution is 2.25. The smallest absolute Gasteiger partial charge is 0.256 e. The molecule has 30 heavy (non-hydrogen) atoms. The summed E-state index contributed by atoms with van der Waals surface area (Å²) in [5.74, 6) is 0.532. The van der Waals surface area contributed by atoms with Gasteiger partial charge in [-0.2, -0.15) is 4.98 Å². The van der Waals surface area contributed by atoms with Crippen molar-refractivity contribution in [1.29, 1.82) is 0 Å². The van der Waals surface area contributed by atoms with Gasteiger partial charge in [0.15, 0.2) is 0 Å². The van der Waals surface area contributed by atoms with E-state index in [9.17, 15) is 9.59 Å². The van der Waals surface area contributed by atoms with E-state index >= 15 is 0 Å². The fourth-order valence-electron chi connectivity index (χ4n) is 3.76. The quantitative estimate of drug-likeness (QED) is 0.612. The minimum Gasteiger partial charge on any atom is -0.480 e. The molecular weight excluding hydrogens is 406 g/mol. The average molecular weight is 440 g/mol. The number of ether oxygens (including phenoxy) is 1. The molecule has 1 fully saturated rings. The minimum atomic E-state index is -0.285. The molecule has 1 atom stereocenters. The van der Waals surface area contributed by atoms with Crippen LogP contribution in [0.5, 0.6) is 5.88 Å². The van der Waals surface area contributed by atoms with E-state index in [2.05, 4.69) is 22.1 Å². The number of nitrogens with one attached hydrogen (secondary N) is 1. The Kier molecular flexibility index (Phi) is 9.17. The van der Waals surface area contributed by atoms with Crippen LogP contribution in [-0.4, -0.2) is 73.5 Å². The Morgan fingerprint density at radius 2 is 2.07 bits per heavy atom. The lowest BCUT2D eigenvalue weighted by atomic mass is 9.94. The molecule has 3 N–H and O–H groups in total. The SMILES string of the molecule is CCCCC(C(=O)N(C)C)N1CCC(CNC(=O)c2cc(Cl)c(N)nc2OC)CC1. The van der Waals surface area contributed by atoms with Gasteiger partial charge in [-0.25, -0.2) is 0 Å². The molecule has 0 aromatic carbocycles. The number of unbranched alkanes of at least 4 members (excludes halogenated alkanes) is 1. The van der Waals surface area contributed by atoms with Crippen LogP contribution < -0.4 is 15.8 Å². The van der Waals surface area contributed by atoms with Crippen LogP contribution in [0.15, 0.2) is 6.07 Å². The Morgan fingerprint density at radius 1 is 1.40 bits per heavy atom. The molecule has 0 saturated carbocycles. The Morgan fingerprint density at radius 3 is 2.63 bits per heavy atom. The highest BCUT2D eigenvalue weighted by Gasteiger charge is 2.30. The maximum Gasteiger partial charge on any atom is 0.256 e. The first-order valence-corrected chi connectivity index (χ1v) is 10.9. The summed E-state index contributed by atoms with van der Waals surface area (Å²) in [6, 6.07) is 1.43. The van der Waals surface area contributed by atoms with Gasteiger partial charge in [0.1, 0.15) is 11.4 Å². The van der Waals surface area contributed by atoms with Crippen molar-refractivity contribution >= 4 is 29.2 Å². The maximum atomic E-state index is 12.6. The second kappa shape index (κ2) is 11.4. The number of rotatable bonds is 9. The summed E-state index contributed by atoms with van der Waals surface area (Å²) < 4.78 is 5.16. The number of hydrogen-bond acceptors (Lipinski definition) is 6. The van der Waals surface area contributed by atoms with Crippen LogP contribution in [0.3, 0.4) is 0 Å². The molecule has 0 spiro atoms. The number of piperidine rings is 1. The third-order valence-electron chi connectivity index (χ3n) is 5.60. The fraction of sp³-hybridized carbons (Fsp3) is 0.667. The zero-order valence-corrected chi connectivity index (χ0v) is 19.2. The van der Waals surface area contributed by atoms with E-state index in [1.165, 1.54) is 13.2 Å². The summed E-state index contributed by atoms with van der Waals surface area (Å²) in [7, 11) is 5.07. The van der Waals surface area contributed by atoms with Crippen molar-refractivity contribution < 1.29 is 14.3 Å². The van der Waals surface area contributed by atoms with E-state index < -0.39 is 0 Å². The first-order chi connectivity index (χ1) is 14.3. The first-order valence-electron chi connectivity index (χ1n) is 10.5.